The fraction of sp³-hybridized carbons (Fsp3) is 0.556. The quantitative estimate of drug-likeness (QED) is 0.628. The summed E-state index contributed by atoms with van der Waals surface area (Å²) in [4.78, 5) is 11.4. The number of rotatable bonds is 4. The largest absolute Gasteiger partial charge is 0.396 e. The van der Waals surface area contributed by atoms with E-state index in [1.54, 1.807) is 6.07 Å². The Morgan fingerprint density at radius 2 is 2.50 bits per heavy atom. The molecule has 0 spiro atoms. The van der Waals surface area contributed by atoms with Crippen molar-refractivity contribution in [2.75, 3.05) is 13.2 Å². The third kappa shape index (κ3) is 1.77. The Morgan fingerprint density at radius 1 is 1.71 bits per heavy atom. The minimum Gasteiger partial charge on any atom is -0.396 e. The van der Waals surface area contributed by atoms with E-state index < -0.39 is 0 Å². The molecular formula is C9H13N3O2. The molecule has 0 radical (unpaired) electrons. The van der Waals surface area contributed by atoms with E-state index in [4.69, 9.17) is 5.11 Å². The Bertz CT molecular complexity index is 317. The van der Waals surface area contributed by atoms with Crippen LogP contribution in [0.3, 0.4) is 0 Å². The van der Waals surface area contributed by atoms with Gasteiger partial charge in [0, 0.05) is 18.2 Å². The normalized spacial score (nSPS) is 17.8. The SMILES string of the molecule is O=C(NCC1(CO)CC1)c1ccn[nH]1. The topological polar surface area (TPSA) is 78.0 Å². The zero-order valence-corrected chi connectivity index (χ0v) is 7.79. The lowest BCUT2D eigenvalue weighted by Gasteiger charge is -2.11. The first-order chi connectivity index (χ1) is 6.76. The molecule has 1 aromatic heterocycles. The molecule has 5 heteroatoms. The number of aliphatic hydroxyl groups is 1. The van der Waals surface area contributed by atoms with Gasteiger partial charge in [0.2, 0.25) is 0 Å². The minimum atomic E-state index is -0.165. The lowest BCUT2D eigenvalue weighted by Crippen LogP contribution is -2.32. The van der Waals surface area contributed by atoms with Gasteiger partial charge in [-0.1, -0.05) is 0 Å². The van der Waals surface area contributed by atoms with Gasteiger partial charge in [-0.3, -0.25) is 9.89 Å². The van der Waals surface area contributed by atoms with Crippen molar-refractivity contribution < 1.29 is 9.90 Å². The highest BCUT2D eigenvalue weighted by Gasteiger charge is 2.42. The van der Waals surface area contributed by atoms with Gasteiger partial charge < -0.3 is 10.4 Å². The Hall–Kier alpha value is -1.36. The van der Waals surface area contributed by atoms with Crippen molar-refractivity contribution in [2.45, 2.75) is 12.8 Å². The Morgan fingerprint density at radius 3 is 3.00 bits per heavy atom. The fourth-order valence-electron chi connectivity index (χ4n) is 1.31. The number of nitrogens with one attached hydrogen (secondary N) is 2. The summed E-state index contributed by atoms with van der Waals surface area (Å²) in [6.07, 6.45) is 3.52. The second-order valence-electron chi connectivity index (χ2n) is 3.81. The molecule has 0 aromatic carbocycles. The molecule has 1 aliphatic carbocycles. The third-order valence-electron chi connectivity index (χ3n) is 2.66. The molecule has 1 amide bonds. The maximum absolute atomic E-state index is 11.4. The zero-order chi connectivity index (χ0) is 10.0. The Balaban J connectivity index is 1.84. The van der Waals surface area contributed by atoms with Crippen molar-refractivity contribution >= 4 is 5.91 Å². The highest BCUT2D eigenvalue weighted by molar-refractivity contribution is 5.92. The Labute approximate surface area is 81.5 Å². The molecule has 1 heterocycles. The van der Waals surface area contributed by atoms with Gasteiger partial charge in [-0.05, 0) is 18.9 Å². The van der Waals surface area contributed by atoms with Crippen LogP contribution in [-0.4, -0.2) is 34.4 Å². The van der Waals surface area contributed by atoms with Gasteiger partial charge >= 0.3 is 0 Å². The van der Waals surface area contributed by atoms with Crippen LogP contribution in [0.4, 0.5) is 0 Å². The summed E-state index contributed by atoms with van der Waals surface area (Å²) < 4.78 is 0. The number of aromatic amines is 1. The Kier molecular flexibility index (Phi) is 2.25. The van der Waals surface area contributed by atoms with E-state index in [0.717, 1.165) is 12.8 Å². The van der Waals surface area contributed by atoms with Crippen LogP contribution in [0.25, 0.3) is 0 Å². The molecule has 0 aliphatic heterocycles. The van der Waals surface area contributed by atoms with E-state index in [0.29, 0.717) is 12.2 Å². The number of nitrogens with zero attached hydrogens (tertiary/aromatic N) is 1. The smallest absolute Gasteiger partial charge is 0.269 e. The molecule has 14 heavy (non-hydrogen) atoms. The van der Waals surface area contributed by atoms with E-state index in [1.807, 2.05) is 0 Å². The minimum absolute atomic E-state index is 0.0460. The molecule has 3 N–H and O–H groups in total. The lowest BCUT2D eigenvalue weighted by molar-refractivity contribution is 0.0930. The second-order valence-corrected chi connectivity index (χ2v) is 3.81. The van der Waals surface area contributed by atoms with E-state index >= 15 is 0 Å². The van der Waals surface area contributed by atoms with Crippen molar-refractivity contribution in [3.63, 3.8) is 0 Å². The fourth-order valence-corrected chi connectivity index (χ4v) is 1.31. The number of hydrogen-bond donors (Lipinski definition) is 3. The molecule has 5 nitrogen and oxygen atoms in total. The predicted octanol–water partition coefficient (Wildman–Crippen LogP) is -0.0880. The van der Waals surface area contributed by atoms with Crippen molar-refractivity contribution in [3.8, 4) is 0 Å². The van der Waals surface area contributed by atoms with Crippen LogP contribution in [-0.2, 0) is 0 Å². The van der Waals surface area contributed by atoms with Crippen LogP contribution in [0, 0.1) is 5.41 Å². The van der Waals surface area contributed by atoms with Gasteiger partial charge in [0.25, 0.3) is 5.91 Å². The number of hydrogen-bond acceptors (Lipinski definition) is 3. The third-order valence-corrected chi connectivity index (χ3v) is 2.66. The van der Waals surface area contributed by atoms with Crippen molar-refractivity contribution in [1.82, 2.24) is 15.5 Å². The van der Waals surface area contributed by atoms with E-state index in [9.17, 15) is 4.79 Å². The predicted molar refractivity (Wildman–Crippen MR) is 49.7 cm³/mol. The molecule has 0 atom stereocenters. The van der Waals surface area contributed by atoms with E-state index in [1.165, 1.54) is 6.20 Å². The van der Waals surface area contributed by atoms with E-state index in [-0.39, 0.29) is 17.9 Å². The van der Waals surface area contributed by atoms with Crippen LogP contribution in [0.5, 0.6) is 0 Å². The monoisotopic (exact) mass is 195 g/mol. The summed E-state index contributed by atoms with van der Waals surface area (Å²) in [5.74, 6) is -0.165. The lowest BCUT2D eigenvalue weighted by atomic mass is 10.1. The number of carbonyl (C=O) groups excluding carboxylic acids is 1. The summed E-state index contributed by atoms with van der Waals surface area (Å²) in [7, 11) is 0. The van der Waals surface area contributed by atoms with E-state index in [2.05, 4.69) is 15.5 Å². The number of carbonyl (C=O) groups is 1. The molecule has 0 bridgehead atoms. The first kappa shape index (κ1) is 9.21. The molecular weight excluding hydrogens is 182 g/mol. The van der Waals surface area contributed by atoms with Gasteiger partial charge in [0.05, 0.1) is 6.61 Å². The van der Waals surface area contributed by atoms with Gasteiger partial charge in [0.15, 0.2) is 0 Å². The van der Waals surface area contributed by atoms with Crippen molar-refractivity contribution in [1.29, 1.82) is 0 Å². The summed E-state index contributed by atoms with van der Waals surface area (Å²) in [6.45, 7) is 0.692. The number of aliphatic hydroxyl groups excluding tert-OH is 1. The van der Waals surface area contributed by atoms with Crippen LogP contribution in [0.2, 0.25) is 0 Å². The summed E-state index contributed by atoms with van der Waals surface area (Å²) in [6, 6.07) is 1.62. The standard InChI is InChI=1S/C9H13N3O2/c13-6-9(2-3-9)5-10-8(14)7-1-4-11-12-7/h1,4,13H,2-3,5-6H2,(H,10,14)(H,11,12). The molecule has 2 rings (SSSR count). The zero-order valence-electron chi connectivity index (χ0n) is 7.79. The highest BCUT2D eigenvalue weighted by Crippen LogP contribution is 2.44. The van der Waals surface area contributed by atoms with Crippen molar-refractivity contribution in [3.05, 3.63) is 18.0 Å². The molecule has 1 aromatic rings. The average molecular weight is 195 g/mol. The first-order valence-corrected chi connectivity index (χ1v) is 4.64. The van der Waals surface area contributed by atoms with Gasteiger partial charge in [-0.15, -0.1) is 0 Å². The molecule has 1 fully saturated rings. The average Bonchev–Trinajstić information content (AvgIpc) is 2.78. The van der Waals surface area contributed by atoms with Gasteiger partial charge in [-0.2, -0.15) is 5.10 Å². The maximum Gasteiger partial charge on any atom is 0.269 e. The number of aromatic nitrogens is 2. The molecule has 1 aliphatic rings. The molecule has 1 saturated carbocycles. The maximum atomic E-state index is 11.4. The molecule has 0 saturated heterocycles. The van der Waals surface area contributed by atoms with Gasteiger partial charge in [-0.25, -0.2) is 0 Å². The summed E-state index contributed by atoms with van der Waals surface area (Å²) in [5, 5.41) is 18.1. The van der Waals surface area contributed by atoms with Crippen LogP contribution >= 0.6 is 0 Å². The number of H-pyrrole nitrogens is 1. The van der Waals surface area contributed by atoms with Crippen LogP contribution < -0.4 is 5.32 Å². The van der Waals surface area contributed by atoms with Crippen LogP contribution in [0.1, 0.15) is 23.3 Å². The second kappa shape index (κ2) is 3.42. The van der Waals surface area contributed by atoms with Crippen LogP contribution in [0.15, 0.2) is 12.3 Å². The summed E-state index contributed by atoms with van der Waals surface area (Å²) >= 11 is 0. The number of amides is 1. The first-order valence-electron chi connectivity index (χ1n) is 4.64. The highest BCUT2D eigenvalue weighted by atomic mass is 16.3. The summed E-state index contributed by atoms with van der Waals surface area (Å²) in [5.41, 5.74) is 0.411. The molecule has 0 unspecified atom stereocenters. The molecule has 76 valence electrons. The van der Waals surface area contributed by atoms with Crippen molar-refractivity contribution in [2.24, 2.45) is 5.41 Å². The van der Waals surface area contributed by atoms with Gasteiger partial charge in [0.1, 0.15) is 5.69 Å².